The van der Waals surface area contributed by atoms with Crippen LogP contribution in [0.1, 0.15) is 133 Å². The van der Waals surface area contributed by atoms with Crippen LogP contribution in [0.15, 0.2) is 103 Å². The van der Waals surface area contributed by atoms with E-state index >= 15 is 0 Å². The fourth-order valence-corrected chi connectivity index (χ4v) is 6.46. The van der Waals surface area contributed by atoms with Crippen molar-refractivity contribution in [2.75, 3.05) is 33.0 Å². The Kier molecular flexibility index (Phi) is 21.7. The van der Waals surface area contributed by atoms with Gasteiger partial charge in [-0.05, 0) is 41.5 Å². The average molecular weight is 684 g/mol. The second-order valence-electron chi connectivity index (χ2n) is 13.6. The van der Waals surface area contributed by atoms with Gasteiger partial charge in [-0.2, -0.15) is 0 Å². The van der Waals surface area contributed by atoms with E-state index < -0.39 is 5.60 Å². The summed E-state index contributed by atoms with van der Waals surface area (Å²) in [6.07, 6.45) is 20.8. The van der Waals surface area contributed by atoms with Crippen molar-refractivity contribution in [3.8, 4) is 0 Å². The van der Waals surface area contributed by atoms with Crippen LogP contribution in [-0.4, -0.2) is 39.1 Å². The number of unbranched alkanes of at least 4 members (excludes halogenated alkanes) is 15. The molecule has 5 nitrogen and oxygen atoms in total. The Morgan fingerprint density at radius 1 is 0.560 bits per heavy atom. The Labute approximate surface area is 304 Å². The molecule has 0 aliphatic heterocycles. The standard InChI is InChI=1S/C45H65NO4/c1-3-4-5-6-7-8-9-10-11-12-13-14-26-35-46-44(47)49-39-40(2)38-48-36-27-15-16-28-37-50-45(41-29-20-17-21-30-41,42-31-22-18-23-32-42)43-33-24-19-25-34-43/h17-25,29-34H,2-16,26-28,35-39H2,1H3,(H,46,47). The SMILES string of the molecule is C=C(COCCCCCCOC(c1ccccc1)(c1ccccc1)c1ccccc1)COC(=O)NCCCCCCCCCCCCCCC. The first kappa shape index (κ1) is 41.0. The maximum Gasteiger partial charge on any atom is 0.407 e. The molecule has 3 rings (SSSR count). The maximum absolute atomic E-state index is 12.0. The number of amides is 1. The van der Waals surface area contributed by atoms with Crippen LogP contribution in [0, 0.1) is 0 Å². The van der Waals surface area contributed by atoms with Crippen LogP contribution in [0.3, 0.4) is 0 Å². The minimum absolute atomic E-state index is 0.188. The molecule has 3 aromatic carbocycles. The second kappa shape index (κ2) is 26.4. The number of benzene rings is 3. The Morgan fingerprint density at radius 2 is 0.980 bits per heavy atom. The van der Waals surface area contributed by atoms with E-state index in [4.69, 9.17) is 14.2 Å². The number of rotatable bonds is 29. The molecule has 0 bridgehead atoms. The zero-order valence-corrected chi connectivity index (χ0v) is 31.1. The number of nitrogens with one attached hydrogen (secondary N) is 1. The van der Waals surface area contributed by atoms with Gasteiger partial charge in [0.25, 0.3) is 0 Å². The van der Waals surface area contributed by atoms with Gasteiger partial charge in [0.1, 0.15) is 12.2 Å². The Morgan fingerprint density at radius 3 is 1.46 bits per heavy atom. The van der Waals surface area contributed by atoms with E-state index in [1.54, 1.807) is 0 Å². The van der Waals surface area contributed by atoms with Crippen molar-refractivity contribution in [3.05, 3.63) is 120 Å². The van der Waals surface area contributed by atoms with Crippen molar-refractivity contribution < 1.29 is 19.0 Å². The lowest BCUT2D eigenvalue weighted by molar-refractivity contribution is 0.0104. The highest BCUT2D eigenvalue weighted by atomic mass is 16.5. The first-order valence-corrected chi connectivity index (χ1v) is 19.6. The summed E-state index contributed by atoms with van der Waals surface area (Å²) >= 11 is 0. The monoisotopic (exact) mass is 683 g/mol. The van der Waals surface area contributed by atoms with E-state index in [1.807, 2.05) is 18.2 Å². The maximum atomic E-state index is 12.0. The normalized spacial score (nSPS) is 11.4. The van der Waals surface area contributed by atoms with Crippen LogP contribution in [0.25, 0.3) is 0 Å². The number of carbonyl (C=O) groups is 1. The summed E-state index contributed by atoms with van der Waals surface area (Å²) in [5.74, 6) is 0. The third-order valence-corrected chi connectivity index (χ3v) is 9.31. The predicted octanol–water partition coefficient (Wildman–Crippen LogP) is 11.9. The fraction of sp³-hybridized carbons (Fsp3) is 0.533. The summed E-state index contributed by atoms with van der Waals surface area (Å²) in [4.78, 5) is 12.0. The van der Waals surface area contributed by atoms with Crippen molar-refractivity contribution in [1.82, 2.24) is 5.32 Å². The first-order chi connectivity index (χ1) is 24.7. The molecule has 0 spiro atoms. The zero-order chi connectivity index (χ0) is 35.4. The van der Waals surface area contributed by atoms with Gasteiger partial charge < -0.3 is 19.5 Å². The van der Waals surface area contributed by atoms with Gasteiger partial charge in [-0.25, -0.2) is 4.79 Å². The van der Waals surface area contributed by atoms with E-state index in [0.717, 1.165) is 60.8 Å². The van der Waals surface area contributed by atoms with Gasteiger partial charge >= 0.3 is 6.09 Å². The number of ether oxygens (including phenoxy) is 3. The number of alkyl carbamates (subject to hydrolysis) is 1. The van der Waals surface area contributed by atoms with Crippen molar-refractivity contribution in [2.24, 2.45) is 0 Å². The van der Waals surface area contributed by atoms with Gasteiger partial charge in [0, 0.05) is 19.8 Å². The lowest BCUT2D eigenvalue weighted by Crippen LogP contribution is -2.33. The minimum atomic E-state index is -0.668. The van der Waals surface area contributed by atoms with E-state index in [0.29, 0.717) is 26.4 Å². The highest BCUT2D eigenvalue weighted by Gasteiger charge is 2.37. The van der Waals surface area contributed by atoms with Gasteiger partial charge in [-0.15, -0.1) is 0 Å². The second-order valence-corrected chi connectivity index (χ2v) is 13.6. The number of carbonyl (C=O) groups excluding carboxylic acids is 1. The summed E-state index contributed by atoms with van der Waals surface area (Å²) in [6, 6.07) is 31.6. The third-order valence-electron chi connectivity index (χ3n) is 9.31. The molecule has 0 heterocycles. The summed E-state index contributed by atoms with van der Waals surface area (Å²) < 4.78 is 18.0. The topological polar surface area (TPSA) is 56.8 Å². The quantitative estimate of drug-likeness (QED) is 0.0449. The summed E-state index contributed by atoms with van der Waals surface area (Å²) in [5.41, 5.74) is 3.48. The van der Waals surface area contributed by atoms with E-state index in [1.165, 1.54) is 70.6 Å². The number of hydrogen-bond donors (Lipinski definition) is 1. The molecule has 0 aliphatic rings. The first-order valence-electron chi connectivity index (χ1n) is 19.6. The molecule has 0 aromatic heterocycles. The van der Waals surface area contributed by atoms with E-state index in [-0.39, 0.29) is 12.7 Å². The van der Waals surface area contributed by atoms with Crippen LogP contribution in [-0.2, 0) is 19.8 Å². The van der Waals surface area contributed by atoms with Gasteiger partial charge in [0.05, 0.1) is 6.61 Å². The molecule has 274 valence electrons. The van der Waals surface area contributed by atoms with Crippen molar-refractivity contribution in [2.45, 2.75) is 122 Å². The fourth-order valence-electron chi connectivity index (χ4n) is 6.46. The molecule has 0 fully saturated rings. The lowest BCUT2D eigenvalue weighted by Gasteiger charge is -2.36. The summed E-state index contributed by atoms with van der Waals surface area (Å²) in [6.45, 7) is 8.85. The van der Waals surface area contributed by atoms with E-state index in [9.17, 15) is 4.79 Å². The van der Waals surface area contributed by atoms with Crippen LogP contribution < -0.4 is 5.32 Å². The Balaban J connectivity index is 1.20. The smallest absolute Gasteiger partial charge is 0.407 e. The zero-order valence-electron chi connectivity index (χ0n) is 31.1. The molecule has 50 heavy (non-hydrogen) atoms. The predicted molar refractivity (Wildman–Crippen MR) is 209 cm³/mol. The lowest BCUT2D eigenvalue weighted by atomic mass is 9.80. The summed E-state index contributed by atoms with van der Waals surface area (Å²) in [7, 11) is 0. The molecular formula is C45H65NO4. The van der Waals surface area contributed by atoms with Crippen LogP contribution in [0.2, 0.25) is 0 Å². The Bertz CT molecular complexity index is 1170. The van der Waals surface area contributed by atoms with Crippen LogP contribution in [0.5, 0.6) is 0 Å². The van der Waals surface area contributed by atoms with Gasteiger partial charge in [0.15, 0.2) is 0 Å². The van der Waals surface area contributed by atoms with Crippen molar-refractivity contribution >= 4 is 6.09 Å². The number of hydrogen-bond acceptors (Lipinski definition) is 4. The molecule has 0 unspecified atom stereocenters. The largest absolute Gasteiger partial charge is 0.445 e. The highest BCUT2D eigenvalue weighted by Crippen LogP contribution is 2.40. The molecule has 5 heteroatoms. The van der Waals surface area contributed by atoms with Crippen LogP contribution >= 0.6 is 0 Å². The van der Waals surface area contributed by atoms with Gasteiger partial charge in [-0.3, -0.25) is 0 Å². The molecule has 0 aliphatic carbocycles. The molecular weight excluding hydrogens is 618 g/mol. The van der Waals surface area contributed by atoms with Crippen molar-refractivity contribution in [3.63, 3.8) is 0 Å². The average Bonchev–Trinajstić information content (AvgIpc) is 3.16. The molecule has 1 N–H and O–H groups in total. The molecule has 0 radical (unpaired) electrons. The van der Waals surface area contributed by atoms with Gasteiger partial charge in [0.2, 0.25) is 0 Å². The highest BCUT2D eigenvalue weighted by molar-refractivity contribution is 5.67. The minimum Gasteiger partial charge on any atom is -0.445 e. The molecule has 0 atom stereocenters. The molecule has 3 aromatic rings. The van der Waals surface area contributed by atoms with Crippen LogP contribution in [0.4, 0.5) is 4.79 Å². The van der Waals surface area contributed by atoms with Gasteiger partial charge in [-0.1, -0.05) is 194 Å². The third kappa shape index (κ3) is 16.1. The molecule has 1 amide bonds. The van der Waals surface area contributed by atoms with Crippen molar-refractivity contribution in [1.29, 1.82) is 0 Å². The van der Waals surface area contributed by atoms with E-state index in [2.05, 4.69) is 91.6 Å². The Hall–Kier alpha value is -3.41. The molecule has 0 saturated heterocycles. The molecule has 0 saturated carbocycles. The summed E-state index contributed by atoms with van der Waals surface area (Å²) in [5, 5.41) is 2.86.